The van der Waals surface area contributed by atoms with Gasteiger partial charge in [0.1, 0.15) is 0 Å². The molecule has 1 unspecified atom stereocenters. The normalized spacial score (nSPS) is 19.6. The molecule has 0 aliphatic carbocycles. The number of benzene rings is 1. The van der Waals surface area contributed by atoms with Crippen LogP contribution >= 0.6 is 0 Å². The van der Waals surface area contributed by atoms with Crippen LogP contribution in [0.2, 0.25) is 0 Å². The van der Waals surface area contributed by atoms with E-state index in [1.807, 2.05) is 30.3 Å². The van der Waals surface area contributed by atoms with E-state index in [1.165, 1.54) is 4.31 Å². The Bertz CT molecular complexity index is 498. The van der Waals surface area contributed by atoms with E-state index < -0.39 is 10.0 Å². The molecule has 0 amide bonds. The molecular weight excluding hydrogens is 276 g/mol. The molecule has 2 rings (SSSR count). The summed E-state index contributed by atoms with van der Waals surface area (Å²) >= 11 is 0. The van der Waals surface area contributed by atoms with Crippen LogP contribution in [0.5, 0.6) is 0 Å². The lowest BCUT2D eigenvalue weighted by molar-refractivity contribution is 0.246. The molecule has 6 heteroatoms. The van der Waals surface area contributed by atoms with Crippen LogP contribution in [0.1, 0.15) is 18.4 Å². The van der Waals surface area contributed by atoms with E-state index in [0.717, 1.165) is 24.9 Å². The lowest BCUT2D eigenvalue weighted by Gasteiger charge is -2.24. The first-order chi connectivity index (χ1) is 9.62. The SMILES string of the molecule is O=S(=O)(Cc1ccccc1)N(CCO)CC1CCCN1. The Balaban J connectivity index is 2.05. The molecule has 1 saturated heterocycles. The first kappa shape index (κ1) is 15.4. The molecule has 5 nitrogen and oxygen atoms in total. The zero-order valence-corrected chi connectivity index (χ0v) is 12.3. The van der Waals surface area contributed by atoms with Crippen molar-refractivity contribution in [3.63, 3.8) is 0 Å². The van der Waals surface area contributed by atoms with Crippen molar-refractivity contribution in [1.82, 2.24) is 9.62 Å². The van der Waals surface area contributed by atoms with Gasteiger partial charge in [-0.3, -0.25) is 0 Å². The van der Waals surface area contributed by atoms with Gasteiger partial charge in [0.05, 0.1) is 12.4 Å². The average Bonchev–Trinajstić information content (AvgIpc) is 2.92. The third-order valence-electron chi connectivity index (χ3n) is 3.52. The topological polar surface area (TPSA) is 69.6 Å². The molecule has 1 aliphatic heterocycles. The number of aliphatic hydroxyl groups is 1. The Hall–Kier alpha value is -0.950. The van der Waals surface area contributed by atoms with Crippen LogP contribution in [-0.2, 0) is 15.8 Å². The zero-order chi connectivity index (χ0) is 14.4. The third-order valence-corrected chi connectivity index (χ3v) is 5.34. The molecule has 112 valence electrons. The number of nitrogens with zero attached hydrogens (tertiary/aromatic N) is 1. The van der Waals surface area contributed by atoms with Crippen molar-refractivity contribution < 1.29 is 13.5 Å². The largest absolute Gasteiger partial charge is 0.395 e. The van der Waals surface area contributed by atoms with Crippen LogP contribution in [0.15, 0.2) is 30.3 Å². The zero-order valence-electron chi connectivity index (χ0n) is 11.5. The van der Waals surface area contributed by atoms with Gasteiger partial charge in [0.2, 0.25) is 10.0 Å². The van der Waals surface area contributed by atoms with E-state index in [-0.39, 0.29) is 24.9 Å². The molecule has 1 atom stereocenters. The van der Waals surface area contributed by atoms with Crippen LogP contribution in [0.3, 0.4) is 0 Å². The maximum Gasteiger partial charge on any atom is 0.218 e. The minimum atomic E-state index is -3.39. The summed E-state index contributed by atoms with van der Waals surface area (Å²) in [6.45, 7) is 1.39. The predicted octanol–water partition coefficient (Wildman–Crippen LogP) is 0.563. The van der Waals surface area contributed by atoms with E-state index in [2.05, 4.69) is 5.32 Å². The fraction of sp³-hybridized carbons (Fsp3) is 0.571. The highest BCUT2D eigenvalue weighted by molar-refractivity contribution is 7.88. The average molecular weight is 298 g/mol. The minimum Gasteiger partial charge on any atom is -0.395 e. The quantitative estimate of drug-likeness (QED) is 0.772. The van der Waals surface area contributed by atoms with Gasteiger partial charge in [-0.2, -0.15) is 4.31 Å². The van der Waals surface area contributed by atoms with Gasteiger partial charge in [-0.1, -0.05) is 30.3 Å². The molecule has 0 radical (unpaired) electrons. The van der Waals surface area contributed by atoms with Crippen molar-refractivity contribution in [2.24, 2.45) is 0 Å². The van der Waals surface area contributed by atoms with Gasteiger partial charge < -0.3 is 10.4 Å². The molecule has 20 heavy (non-hydrogen) atoms. The Kier molecular flexibility index (Phi) is 5.54. The first-order valence-electron chi connectivity index (χ1n) is 6.98. The Morgan fingerprint density at radius 2 is 2.05 bits per heavy atom. The summed E-state index contributed by atoms with van der Waals surface area (Å²) < 4.78 is 26.3. The van der Waals surface area contributed by atoms with Crippen LogP contribution in [0.4, 0.5) is 0 Å². The fourth-order valence-electron chi connectivity index (χ4n) is 2.49. The molecule has 0 spiro atoms. The lowest BCUT2D eigenvalue weighted by atomic mass is 10.2. The first-order valence-corrected chi connectivity index (χ1v) is 8.59. The molecule has 2 N–H and O–H groups in total. The fourth-order valence-corrected chi connectivity index (χ4v) is 4.05. The second-order valence-corrected chi connectivity index (χ2v) is 7.09. The molecule has 1 fully saturated rings. The van der Waals surface area contributed by atoms with Gasteiger partial charge in [0.25, 0.3) is 0 Å². The van der Waals surface area contributed by atoms with Crippen molar-refractivity contribution in [1.29, 1.82) is 0 Å². The van der Waals surface area contributed by atoms with E-state index in [4.69, 9.17) is 5.11 Å². The number of hydrogen-bond donors (Lipinski definition) is 2. The van der Waals surface area contributed by atoms with E-state index in [0.29, 0.717) is 6.54 Å². The Labute approximate surface area is 120 Å². The van der Waals surface area contributed by atoms with Crippen molar-refractivity contribution in [3.8, 4) is 0 Å². The minimum absolute atomic E-state index is 0.0133. The molecule has 1 aromatic rings. The Morgan fingerprint density at radius 1 is 1.30 bits per heavy atom. The number of rotatable bonds is 7. The maximum absolute atomic E-state index is 12.5. The number of nitrogens with one attached hydrogen (secondary N) is 1. The van der Waals surface area contributed by atoms with Crippen LogP contribution < -0.4 is 5.32 Å². The molecule has 1 aromatic carbocycles. The van der Waals surface area contributed by atoms with Crippen molar-refractivity contribution >= 4 is 10.0 Å². The summed E-state index contributed by atoms with van der Waals surface area (Å²) in [6.07, 6.45) is 2.07. The van der Waals surface area contributed by atoms with Gasteiger partial charge in [-0.15, -0.1) is 0 Å². The second kappa shape index (κ2) is 7.17. The summed E-state index contributed by atoms with van der Waals surface area (Å²) in [5.41, 5.74) is 0.773. The molecule has 1 aliphatic rings. The van der Waals surface area contributed by atoms with Crippen LogP contribution in [0, 0.1) is 0 Å². The summed E-state index contributed by atoms with van der Waals surface area (Å²) in [5, 5.41) is 12.4. The lowest BCUT2D eigenvalue weighted by Crippen LogP contribution is -2.42. The summed E-state index contributed by atoms with van der Waals surface area (Å²) in [5.74, 6) is -0.0133. The van der Waals surface area contributed by atoms with Gasteiger partial charge in [-0.05, 0) is 24.9 Å². The van der Waals surface area contributed by atoms with Crippen molar-refractivity contribution in [2.75, 3.05) is 26.2 Å². The van der Waals surface area contributed by atoms with E-state index in [1.54, 1.807) is 0 Å². The molecule has 0 aromatic heterocycles. The summed E-state index contributed by atoms with van der Waals surface area (Å²) in [6, 6.07) is 9.35. The molecule has 0 saturated carbocycles. The predicted molar refractivity (Wildman–Crippen MR) is 78.7 cm³/mol. The van der Waals surface area contributed by atoms with E-state index >= 15 is 0 Å². The highest BCUT2D eigenvalue weighted by Gasteiger charge is 2.26. The summed E-state index contributed by atoms with van der Waals surface area (Å²) in [7, 11) is -3.39. The van der Waals surface area contributed by atoms with Gasteiger partial charge >= 0.3 is 0 Å². The monoisotopic (exact) mass is 298 g/mol. The molecule has 0 bridgehead atoms. The summed E-state index contributed by atoms with van der Waals surface area (Å²) in [4.78, 5) is 0. The smallest absolute Gasteiger partial charge is 0.218 e. The highest BCUT2D eigenvalue weighted by Crippen LogP contribution is 2.14. The number of sulfonamides is 1. The number of aliphatic hydroxyl groups excluding tert-OH is 1. The highest BCUT2D eigenvalue weighted by atomic mass is 32.2. The van der Waals surface area contributed by atoms with Crippen LogP contribution in [0.25, 0.3) is 0 Å². The van der Waals surface area contributed by atoms with E-state index in [9.17, 15) is 8.42 Å². The molecular formula is C14H22N2O3S. The van der Waals surface area contributed by atoms with Crippen molar-refractivity contribution in [2.45, 2.75) is 24.6 Å². The van der Waals surface area contributed by atoms with Gasteiger partial charge in [-0.25, -0.2) is 8.42 Å². The third kappa shape index (κ3) is 4.28. The van der Waals surface area contributed by atoms with Gasteiger partial charge in [0, 0.05) is 19.1 Å². The Morgan fingerprint density at radius 3 is 2.65 bits per heavy atom. The van der Waals surface area contributed by atoms with Gasteiger partial charge in [0.15, 0.2) is 0 Å². The molecule has 1 heterocycles. The number of hydrogen-bond acceptors (Lipinski definition) is 4. The second-order valence-electron chi connectivity index (χ2n) is 5.12. The van der Waals surface area contributed by atoms with Crippen LogP contribution in [-0.4, -0.2) is 50.1 Å². The maximum atomic E-state index is 12.5. The van der Waals surface area contributed by atoms with Crippen molar-refractivity contribution in [3.05, 3.63) is 35.9 Å². The standard InChI is InChI=1S/C14H22N2O3S/c17-10-9-16(11-14-7-4-8-15-14)20(18,19)12-13-5-2-1-3-6-13/h1-3,5-6,14-15,17H,4,7-12H2.